The molecule has 0 saturated carbocycles. The summed E-state index contributed by atoms with van der Waals surface area (Å²) >= 11 is 0. The van der Waals surface area contributed by atoms with Gasteiger partial charge >= 0.3 is 5.97 Å². The summed E-state index contributed by atoms with van der Waals surface area (Å²) in [7, 11) is 3.44. The summed E-state index contributed by atoms with van der Waals surface area (Å²) in [6.07, 6.45) is 3.69. The monoisotopic (exact) mass is 287 g/mol. The van der Waals surface area contributed by atoms with Gasteiger partial charge in [0.2, 0.25) is 0 Å². The van der Waals surface area contributed by atoms with Crippen LogP contribution in [-0.4, -0.2) is 34.2 Å². The van der Waals surface area contributed by atoms with Crippen LogP contribution in [0.5, 0.6) is 0 Å². The van der Waals surface area contributed by atoms with Gasteiger partial charge in [-0.25, -0.2) is 9.78 Å². The maximum Gasteiger partial charge on any atom is 0.335 e. The summed E-state index contributed by atoms with van der Waals surface area (Å²) in [4.78, 5) is 28.9. The highest BCUT2D eigenvalue weighted by molar-refractivity contribution is 5.89. The molecule has 0 fully saturated rings. The summed E-state index contributed by atoms with van der Waals surface area (Å²) in [6.45, 7) is 0.510. The molecule has 21 heavy (non-hydrogen) atoms. The first-order chi connectivity index (χ1) is 10.0. The van der Waals surface area contributed by atoms with Gasteiger partial charge in [0.25, 0.3) is 5.56 Å². The number of hydrogen-bond acceptors (Lipinski definition) is 4. The van der Waals surface area contributed by atoms with Crippen molar-refractivity contribution in [3.8, 4) is 0 Å². The van der Waals surface area contributed by atoms with Gasteiger partial charge in [0, 0.05) is 33.0 Å². The first kappa shape index (κ1) is 14.8. The smallest absolute Gasteiger partial charge is 0.335 e. The van der Waals surface area contributed by atoms with E-state index in [1.165, 1.54) is 4.57 Å². The highest BCUT2D eigenvalue weighted by Crippen LogP contribution is 2.11. The molecule has 2 aromatic rings. The Morgan fingerprint density at radius 2 is 2.10 bits per heavy atom. The van der Waals surface area contributed by atoms with Crippen molar-refractivity contribution in [2.24, 2.45) is 7.05 Å². The number of rotatable bonds is 5. The standard InChI is InChI=1S/C15H17N3O3/c1-17(13-14(19)18(2)10-8-16-13)9-7-11-5-3-4-6-12(11)15(20)21/h3-6,8,10H,7,9H2,1-2H3,(H,20,21). The Kier molecular flexibility index (Phi) is 4.37. The van der Waals surface area contributed by atoms with Gasteiger partial charge in [0.05, 0.1) is 5.56 Å². The maximum absolute atomic E-state index is 12.0. The van der Waals surface area contributed by atoms with Crippen molar-refractivity contribution >= 4 is 11.8 Å². The number of benzene rings is 1. The number of aromatic carboxylic acids is 1. The molecule has 0 aliphatic carbocycles. The number of hydrogen-bond donors (Lipinski definition) is 1. The van der Waals surface area contributed by atoms with Gasteiger partial charge in [0.15, 0.2) is 5.82 Å². The Hall–Kier alpha value is -2.63. The van der Waals surface area contributed by atoms with E-state index in [4.69, 9.17) is 5.11 Å². The highest BCUT2D eigenvalue weighted by atomic mass is 16.4. The second kappa shape index (κ2) is 6.21. The van der Waals surface area contributed by atoms with E-state index in [1.54, 1.807) is 49.6 Å². The lowest BCUT2D eigenvalue weighted by Gasteiger charge is -2.18. The van der Waals surface area contributed by atoms with E-state index >= 15 is 0 Å². The fraction of sp³-hybridized carbons (Fsp3) is 0.267. The van der Waals surface area contributed by atoms with Crippen LogP contribution < -0.4 is 10.5 Å². The molecule has 1 aromatic heterocycles. The van der Waals surface area contributed by atoms with Gasteiger partial charge in [-0.1, -0.05) is 18.2 Å². The normalized spacial score (nSPS) is 10.4. The predicted octanol–water partition coefficient (Wildman–Crippen LogP) is 1.16. The second-order valence-corrected chi connectivity index (χ2v) is 4.80. The molecule has 0 amide bonds. The first-order valence-electron chi connectivity index (χ1n) is 6.54. The second-order valence-electron chi connectivity index (χ2n) is 4.80. The minimum Gasteiger partial charge on any atom is -0.478 e. The molecular formula is C15H17N3O3. The van der Waals surface area contributed by atoms with Crippen LogP contribution in [-0.2, 0) is 13.5 Å². The number of aryl methyl sites for hydroxylation is 1. The molecule has 0 bridgehead atoms. The average Bonchev–Trinajstić information content (AvgIpc) is 2.47. The molecule has 6 heteroatoms. The number of carbonyl (C=O) groups is 1. The minimum atomic E-state index is -0.943. The van der Waals surface area contributed by atoms with Gasteiger partial charge in [-0.05, 0) is 18.1 Å². The van der Waals surface area contributed by atoms with Crippen molar-refractivity contribution in [2.45, 2.75) is 6.42 Å². The largest absolute Gasteiger partial charge is 0.478 e. The van der Waals surface area contributed by atoms with E-state index in [2.05, 4.69) is 4.98 Å². The van der Waals surface area contributed by atoms with E-state index in [1.807, 2.05) is 6.07 Å². The number of carboxylic acids is 1. The van der Waals surface area contributed by atoms with Crippen LogP contribution >= 0.6 is 0 Å². The lowest BCUT2D eigenvalue weighted by molar-refractivity contribution is 0.0695. The zero-order valence-electron chi connectivity index (χ0n) is 12.0. The number of likely N-dealkylation sites (N-methyl/N-ethyl adjacent to an activating group) is 1. The Balaban J connectivity index is 2.15. The molecule has 0 atom stereocenters. The molecular weight excluding hydrogens is 270 g/mol. The van der Waals surface area contributed by atoms with Crippen LogP contribution in [0, 0.1) is 0 Å². The molecule has 2 rings (SSSR count). The summed E-state index contributed by atoms with van der Waals surface area (Å²) in [5, 5.41) is 9.15. The molecule has 110 valence electrons. The molecule has 0 saturated heterocycles. The maximum atomic E-state index is 12.0. The van der Waals surface area contributed by atoms with E-state index in [-0.39, 0.29) is 5.56 Å². The zero-order valence-corrected chi connectivity index (χ0v) is 12.0. The summed E-state index contributed by atoms with van der Waals surface area (Å²) in [5.41, 5.74) is 0.857. The van der Waals surface area contributed by atoms with E-state index in [9.17, 15) is 9.59 Å². The molecule has 1 N–H and O–H groups in total. The fourth-order valence-corrected chi connectivity index (χ4v) is 2.09. The van der Waals surface area contributed by atoms with E-state index in [0.717, 1.165) is 5.56 Å². The predicted molar refractivity (Wildman–Crippen MR) is 79.9 cm³/mol. The average molecular weight is 287 g/mol. The van der Waals surface area contributed by atoms with Crippen LogP contribution in [0.2, 0.25) is 0 Å². The molecule has 0 aliphatic rings. The van der Waals surface area contributed by atoms with Crippen molar-refractivity contribution in [1.29, 1.82) is 0 Å². The number of carboxylic acid groups (broad SMARTS) is 1. The molecule has 1 heterocycles. The van der Waals surface area contributed by atoms with Crippen molar-refractivity contribution in [3.05, 3.63) is 58.1 Å². The molecule has 0 spiro atoms. The number of aromatic nitrogens is 2. The summed E-state index contributed by atoms with van der Waals surface area (Å²) < 4.78 is 1.46. The van der Waals surface area contributed by atoms with Gasteiger partial charge in [-0.3, -0.25) is 4.79 Å². The van der Waals surface area contributed by atoms with Crippen LogP contribution in [0.3, 0.4) is 0 Å². The quantitative estimate of drug-likeness (QED) is 0.893. The van der Waals surface area contributed by atoms with Crippen molar-refractivity contribution < 1.29 is 9.90 Å². The Labute approximate surface area is 122 Å². The fourth-order valence-electron chi connectivity index (χ4n) is 2.09. The minimum absolute atomic E-state index is 0.175. The van der Waals surface area contributed by atoms with Crippen molar-refractivity contribution in [1.82, 2.24) is 9.55 Å². The molecule has 0 aliphatic heterocycles. The first-order valence-corrected chi connectivity index (χ1v) is 6.54. The summed E-state index contributed by atoms with van der Waals surface area (Å²) in [5.74, 6) is -0.588. The van der Waals surface area contributed by atoms with Crippen molar-refractivity contribution in [3.63, 3.8) is 0 Å². The molecule has 0 unspecified atom stereocenters. The van der Waals surface area contributed by atoms with Crippen LogP contribution in [0.25, 0.3) is 0 Å². The van der Waals surface area contributed by atoms with Crippen molar-refractivity contribution in [2.75, 3.05) is 18.5 Å². The molecule has 1 aromatic carbocycles. The SMILES string of the molecule is CN(CCc1ccccc1C(=O)O)c1nccn(C)c1=O. The number of anilines is 1. The van der Waals surface area contributed by atoms with Gasteiger partial charge < -0.3 is 14.6 Å². The Morgan fingerprint density at radius 1 is 1.38 bits per heavy atom. The lowest BCUT2D eigenvalue weighted by atomic mass is 10.0. The van der Waals surface area contributed by atoms with Gasteiger partial charge in [0.1, 0.15) is 0 Å². The van der Waals surface area contributed by atoms with Gasteiger partial charge in [-0.15, -0.1) is 0 Å². The topological polar surface area (TPSA) is 75.4 Å². The van der Waals surface area contributed by atoms with Crippen LogP contribution in [0.15, 0.2) is 41.5 Å². The summed E-state index contributed by atoms with van der Waals surface area (Å²) in [6, 6.07) is 6.87. The van der Waals surface area contributed by atoms with Gasteiger partial charge in [-0.2, -0.15) is 0 Å². The van der Waals surface area contributed by atoms with Crippen LogP contribution in [0.4, 0.5) is 5.82 Å². The third kappa shape index (κ3) is 3.28. The third-order valence-electron chi connectivity index (χ3n) is 3.32. The lowest BCUT2D eigenvalue weighted by Crippen LogP contribution is -2.31. The van der Waals surface area contributed by atoms with E-state index < -0.39 is 5.97 Å². The number of nitrogens with zero attached hydrogens (tertiary/aromatic N) is 3. The molecule has 6 nitrogen and oxygen atoms in total. The molecule has 0 radical (unpaired) electrons. The Bertz CT molecular complexity index is 709. The highest BCUT2D eigenvalue weighted by Gasteiger charge is 2.12. The zero-order chi connectivity index (χ0) is 15.4. The third-order valence-corrected chi connectivity index (χ3v) is 3.32. The Morgan fingerprint density at radius 3 is 2.81 bits per heavy atom. The van der Waals surface area contributed by atoms with E-state index in [0.29, 0.717) is 24.3 Å². The van der Waals surface area contributed by atoms with Crippen LogP contribution in [0.1, 0.15) is 15.9 Å².